The van der Waals surface area contributed by atoms with Gasteiger partial charge in [-0.05, 0) is 30.7 Å². The van der Waals surface area contributed by atoms with Crippen LogP contribution in [0.15, 0.2) is 47.1 Å². The molecule has 3 rings (SSSR count). The molecule has 1 fully saturated rings. The summed E-state index contributed by atoms with van der Waals surface area (Å²) in [5, 5.41) is 3.42. The topological polar surface area (TPSA) is 25.2 Å². The van der Waals surface area contributed by atoms with Crippen molar-refractivity contribution in [3.8, 4) is 11.3 Å². The second kappa shape index (κ2) is 3.55. The summed E-state index contributed by atoms with van der Waals surface area (Å²) in [6.07, 6.45) is 2.94. The first-order chi connectivity index (χ1) is 7.45. The van der Waals surface area contributed by atoms with Crippen molar-refractivity contribution >= 4 is 0 Å². The van der Waals surface area contributed by atoms with Gasteiger partial charge in [-0.1, -0.05) is 24.3 Å². The van der Waals surface area contributed by atoms with Crippen molar-refractivity contribution in [2.45, 2.75) is 12.5 Å². The fourth-order valence-electron chi connectivity index (χ4n) is 2.01. The molecule has 1 saturated heterocycles. The van der Waals surface area contributed by atoms with Gasteiger partial charge in [0, 0.05) is 11.6 Å². The normalized spacial score (nSPS) is 19.9. The standard InChI is InChI=1S/C13H13NO/c1-2-5-11(13-6-3-9-15-13)10(4-1)12-7-8-14-12/h1-6,9,12,14H,7-8H2/t12-/m0/s1. The third-order valence-corrected chi connectivity index (χ3v) is 2.95. The molecule has 2 nitrogen and oxygen atoms in total. The molecule has 1 aliphatic rings. The number of hydrogen-bond acceptors (Lipinski definition) is 2. The molecule has 0 radical (unpaired) electrons. The zero-order valence-electron chi connectivity index (χ0n) is 8.44. The van der Waals surface area contributed by atoms with Crippen LogP contribution in [0.3, 0.4) is 0 Å². The van der Waals surface area contributed by atoms with Crippen molar-refractivity contribution in [2.75, 3.05) is 6.54 Å². The number of hydrogen-bond donors (Lipinski definition) is 1. The Balaban J connectivity index is 2.06. The first kappa shape index (κ1) is 8.74. The maximum atomic E-state index is 5.45. The molecule has 1 atom stereocenters. The number of furan rings is 1. The van der Waals surface area contributed by atoms with Crippen molar-refractivity contribution in [3.63, 3.8) is 0 Å². The van der Waals surface area contributed by atoms with Gasteiger partial charge in [0.15, 0.2) is 0 Å². The molecule has 0 bridgehead atoms. The number of benzene rings is 1. The van der Waals surface area contributed by atoms with E-state index in [1.54, 1.807) is 6.26 Å². The van der Waals surface area contributed by atoms with Crippen LogP contribution in [0.1, 0.15) is 18.0 Å². The Labute approximate surface area is 88.9 Å². The maximum Gasteiger partial charge on any atom is 0.134 e. The van der Waals surface area contributed by atoms with E-state index in [4.69, 9.17) is 4.42 Å². The van der Waals surface area contributed by atoms with E-state index in [0.717, 1.165) is 12.3 Å². The Hall–Kier alpha value is -1.54. The minimum absolute atomic E-state index is 0.506. The van der Waals surface area contributed by atoms with Gasteiger partial charge in [0.2, 0.25) is 0 Å². The average Bonchev–Trinajstić information content (AvgIpc) is 2.69. The van der Waals surface area contributed by atoms with Crippen molar-refractivity contribution in [1.82, 2.24) is 5.32 Å². The Morgan fingerprint density at radius 1 is 1.13 bits per heavy atom. The summed E-state index contributed by atoms with van der Waals surface area (Å²) in [6, 6.07) is 12.9. The molecule has 15 heavy (non-hydrogen) atoms. The Kier molecular flexibility index (Phi) is 2.07. The summed E-state index contributed by atoms with van der Waals surface area (Å²) in [6.45, 7) is 1.12. The summed E-state index contributed by atoms with van der Waals surface area (Å²) < 4.78 is 5.45. The van der Waals surface area contributed by atoms with Gasteiger partial charge < -0.3 is 9.73 Å². The fraction of sp³-hybridized carbons (Fsp3) is 0.231. The van der Waals surface area contributed by atoms with Gasteiger partial charge in [0.05, 0.1) is 6.26 Å². The van der Waals surface area contributed by atoms with Gasteiger partial charge in [-0.15, -0.1) is 0 Å². The molecule has 0 unspecified atom stereocenters. The third-order valence-electron chi connectivity index (χ3n) is 2.95. The van der Waals surface area contributed by atoms with E-state index >= 15 is 0 Å². The highest BCUT2D eigenvalue weighted by Gasteiger charge is 2.21. The van der Waals surface area contributed by atoms with E-state index in [2.05, 4.69) is 29.6 Å². The molecule has 1 aliphatic heterocycles. The average molecular weight is 199 g/mol. The van der Waals surface area contributed by atoms with Crippen molar-refractivity contribution in [2.24, 2.45) is 0 Å². The lowest BCUT2D eigenvalue weighted by molar-refractivity contribution is 0.383. The van der Waals surface area contributed by atoms with Crippen molar-refractivity contribution < 1.29 is 4.42 Å². The van der Waals surface area contributed by atoms with E-state index in [1.807, 2.05) is 12.1 Å². The molecule has 0 spiro atoms. The predicted molar refractivity (Wildman–Crippen MR) is 59.5 cm³/mol. The summed E-state index contributed by atoms with van der Waals surface area (Å²) in [5.41, 5.74) is 2.55. The Bertz CT molecular complexity index is 443. The molecule has 2 aromatic rings. The van der Waals surface area contributed by atoms with E-state index in [0.29, 0.717) is 6.04 Å². The smallest absolute Gasteiger partial charge is 0.134 e. The second-order valence-electron chi connectivity index (χ2n) is 3.86. The zero-order chi connectivity index (χ0) is 10.1. The summed E-state index contributed by atoms with van der Waals surface area (Å²) in [5.74, 6) is 0.958. The van der Waals surface area contributed by atoms with Crippen LogP contribution in [0, 0.1) is 0 Å². The minimum atomic E-state index is 0.506. The summed E-state index contributed by atoms with van der Waals surface area (Å²) >= 11 is 0. The molecule has 0 saturated carbocycles. The van der Waals surface area contributed by atoms with Crippen LogP contribution in [-0.2, 0) is 0 Å². The highest BCUT2D eigenvalue weighted by Crippen LogP contribution is 2.32. The number of rotatable bonds is 2. The fourth-order valence-corrected chi connectivity index (χ4v) is 2.01. The quantitative estimate of drug-likeness (QED) is 0.804. The highest BCUT2D eigenvalue weighted by atomic mass is 16.3. The van der Waals surface area contributed by atoms with Crippen LogP contribution in [0.25, 0.3) is 11.3 Å². The molecule has 1 N–H and O–H groups in total. The van der Waals surface area contributed by atoms with Gasteiger partial charge in [0.25, 0.3) is 0 Å². The first-order valence-electron chi connectivity index (χ1n) is 5.31. The molecule has 1 aromatic carbocycles. The lowest BCUT2D eigenvalue weighted by Gasteiger charge is -2.29. The van der Waals surface area contributed by atoms with Crippen LogP contribution in [0.5, 0.6) is 0 Å². The molecular formula is C13H13NO. The SMILES string of the molecule is c1coc(-c2ccccc2[C@@H]2CCN2)c1. The first-order valence-corrected chi connectivity index (χ1v) is 5.31. The van der Waals surface area contributed by atoms with E-state index in [1.165, 1.54) is 17.5 Å². The monoisotopic (exact) mass is 199 g/mol. The summed E-state index contributed by atoms with van der Waals surface area (Å²) in [4.78, 5) is 0. The van der Waals surface area contributed by atoms with Gasteiger partial charge in [-0.2, -0.15) is 0 Å². The second-order valence-corrected chi connectivity index (χ2v) is 3.86. The van der Waals surface area contributed by atoms with Crippen molar-refractivity contribution in [3.05, 3.63) is 48.2 Å². The van der Waals surface area contributed by atoms with Crippen LogP contribution in [0.4, 0.5) is 0 Å². The maximum absolute atomic E-state index is 5.45. The molecule has 0 amide bonds. The van der Waals surface area contributed by atoms with E-state index < -0.39 is 0 Å². The van der Waals surface area contributed by atoms with E-state index in [9.17, 15) is 0 Å². The summed E-state index contributed by atoms with van der Waals surface area (Å²) in [7, 11) is 0. The van der Waals surface area contributed by atoms with Crippen molar-refractivity contribution in [1.29, 1.82) is 0 Å². The van der Waals surface area contributed by atoms with E-state index in [-0.39, 0.29) is 0 Å². The molecule has 2 heterocycles. The van der Waals surface area contributed by atoms with Gasteiger partial charge in [-0.25, -0.2) is 0 Å². The van der Waals surface area contributed by atoms with Gasteiger partial charge in [0.1, 0.15) is 5.76 Å². The lowest BCUT2D eigenvalue weighted by atomic mass is 9.92. The van der Waals surface area contributed by atoms with Crippen LogP contribution >= 0.6 is 0 Å². The van der Waals surface area contributed by atoms with Gasteiger partial charge >= 0.3 is 0 Å². The minimum Gasteiger partial charge on any atom is -0.464 e. The van der Waals surface area contributed by atoms with Crippen LogP contribution < -0.4 is 5.32 Å². The highest BCUT2D eigenvalue weighted by molar-refractivity contribution is 5.63. The molecule has 2 heteroatoms. The van der Waals surface area contributed by atoms with Gasteiger partial charge in [-0.3, -0.25) is 0 Å². The Morgan fingerprint density at radius 2 is 2.00 bits per heavy atom. The predicted octanol–water partition coefficient (Wildman–Crippen LogP) is 2.98. The molecule has 0 aliphatic carbocycles. The third kappa shape index (κ3) is 1.47. The molecular weight excluding hydrogens is 186 g/mol. The zero-order valence-corrected chi connectivity index (χ0v) is 8.44. The molecule has 1 aromatic heterocycles. The largest absolute Gasteiger partial charge is 0.464 e. The van der Waals surface area contributed by atoms with Crippen LogP contribution in [-0.4, -0.2) is 6.54 Å². The van der Waals surface area contributed by atoms with Crippen LogP contribution in [0.2, 0.25) is 0 Å². The lowest BCUT2D eigenvalue weighted by Crippen LogP contribution is -2.35. The Morgan fingerprint density at radius 3 is 2.67 bits per heavy atom. The number of nitrogens with one attached hydrogen (secondary N) is 1. The molecule has 76 valence electrons.